The van der Waals surface area contributed by atoms with Gasteiger partial charge in [-0.3, -0.25) is 9.59 Å². The number of allylic oxidation sites excluding steroid dienone is 2. The molecule has 1 fully saturated rings. The summed E-state index contributed by atoms with van der Waals surface area (Å²) in [6, 6.07) is 25.3. The SMILES string of the molecule is Cc1c(Cl)cccc1N1C(=O)[C@H]2[C@H](C1=O)[C@H](c1ccccc1)C=C[C@@H]2c1ccccc1. The summed E-state index contributed by atoms with van der Waals surface area (Å²) in [5.41, 5.74) is 3.41. The van der Waals surface area contributed by atoms with Gasteiger partial charge in [0.25, 0.3) is 0 Å². The van der Waals surface area contributed by atoms with Gasteiger partial charge in [0.15, 0.2) is 0 Å². The van der Waals surface area contributed by atoms with Crippen LogP contribution in [0.25, 0.3) is 0 Å². The molecule has 0 radical (unpaired) electrons. The standard InChI is InChI=1S/C27H22ClNO2/c1-17-22(28)13-8-14-23(17)29-26(30)24-20(18-9-4-2-5-10-18)15-16-21(25(24)27(29)31)19-11-6-3-7-12-19/h2-16,20-21,24-25H,1H3/t20-,21+,24-,25-/m1/s1. The van der Waals surface area contributed by atoms with E-state index in [1.54, 1.807) is 18.2 Å². The number of benzene rings is 3. The molecule has 2 aliphatic rings. The normalized spacial score (nSPS) is 25.0. The summed E-state index contributed by atoms with van der Waals surface area (Å²) in [6.45, 7) is 1.85. The lowest BCUT2D eigenvalue weighted by Crippen LogP contribution is -2.32. The number of fused-ring (bicyclic) bond motifs is 1. The fourth-order valence-corrected chi connectivity index (χ4v) is 5.18. The third kappa shape index (κ3) is 3.21. The molecule has 3 nitrogen and oxygen atoms in total. The van der Waals surface area contributed by atoms with Crippen LogP contribution >= 0.6 is 11.6 Å². The van der Waals surface area contributed by atoms with Gasteiger partial charge in [0.05, 0.1) is 17.5 Å². The van der Waals surface area contributed by atoms with Gasteiger partial charge in [-0.05, 0) is 35.7 Å². The second-order valence-corrected chi connectivity index (χ2v) is 8.61. The van der Waals surface area contributed by atoms with E-state index in [2.05, 4.69) is 12.2 Å². The summed E-state index contributed by atoms with van der Waals surface area (Å²) in [6.07, 6.45) is 4.21. The van der Waals surface area contributed by atoms with Gasteiger partial charge in [-0.25, -0.2) is 4.90 Å². The second kappa shape index (κ2) is 7.82. The summed E-state index contributed by atoms with van der Waals surface area (Å²) in [7, 11) is 0. The molecule has 0 aromatic heterocycles. The number of rotatable bonds is 3. The van der Waals surface area contributed by atoms with Gasteiger partial charge in [0.1, 0.15) is 0 Å². The van der Waals surface area contributed by atoms with Crippen molar-refractivity contribution in [1.82, 2.24) is 0 Å². The van der Waals surface area contributed by atoms with Gasteiger partial charge >= 0.3 is 0 Å². The van der Waals surface area contributed by atoms with Crippen LogP contribution in [0, 0.1) is 18.8 Å². The van der Waals surface area contributed by atoms with Crippen LogP contribution in [0.15, 0.2) is 91.0 Å². The summed E-state index contributed by atoms with van der Waals surface area (Å²) in [5.74, 6) is -1.51. The number of amides is 2. The Morgan fingerprint density at radius 2 is 1.16 bits per heavy atom. The first kappa shape index (κ1) is 19.8. The van der Waals surface area contributed by atoms with Gasteiger partial charge in [-0.15, -0.1) is 0 Å². The average Bonchev–Trinajstić information content (AvgIpc) is 3.07. The Balaban J connectivity index is 1.65. The van der Waals surface area contributed by atoms with Crippen LogP contribution < -0.4 is 4.90 Å². The molecule has 31 heavy (non-hydrogen) atoms. The Kier molecular flexibility index (Phi) is 4.99. The summed E-state index contributed by atoms with van der Waals surface area (Å²) < 4.78 is 0. The molecule has 3 aromatic rings. The number of hydrogen-bond donors (Lipinski definition) is 0. The lowest BCUT2D eigenvalue weighted by molar-refractivity contribution is -0.122. The lowest BCUT2D eigenvalue weighted by Gasteiger charge is -2.32. The van der Waals surface area contributed by atoms with Crippen molar-refractivity contribution in [1.29, 1.82) is 0 Å². The highest BCUT2D eigenvalue weighted by Gasteiger charge is 2.55. The maximum absolute atomic E-state index is 13.8. The molecular weight excluding hydrogens is 406 g/mol. The van der Waals surface area contributed by atoms with E-state index in [1.807, 2.05) is 67.6 Å². The number of imide groups is 1. The first-order valence-corrected chi connectivity index (χ1v) is 10.9. The Morgan fingerprint density at radius 1 is 0.677 bits per heavy atom. The summed E-state index contributed by atoms with van der Waals surface area (Å²) in [4.78, 5) is 29.0. The molecule has 0 unspecified atom stereocenters. The highest BCUT2D eigenvalue weighted by atomic mass is 35.5. The zero-order chi connectivity index (χ0) is 21.5. The van der Waals surface area contributed by atoms with Crippen LogP contribution in [0.2, 0.25) is 5.02 Å². The van der Waals surface area contributed by atoms with Crippen molar-refractivity contribution in [2.75, 3.05) is 4.90 Å². The molecule has 1 saturated heterocycles. The van der Waals surface area contributed by atoms with Crippen LogP contribution in [0.3, 0.4) is 0 Å². The number of nitrogens with zero attached hydrogens (tertiary/aromatic N) is 1. The van der Waals surface area contributed by atoms with Crippen LogP contribution in [0.1, 0.15) is 28.5 Å². The Morgan fingerprint density at radius 3 is 1.65 bits per heavy atom. The Labute approximate surface area is 187 Å². The van der Waals surface area contributed by atoms with Gasteiger partial charge in [0.2, 0.25) is 11.8 Å². The van der Waals surface area contributed by atoms with E-state index in [0.717, 1.165) is 16.7 Å². The molecule has 1 aliphatic carbocycles. The first-order chi connectivity index (χ1) is 15.1. The topological polar surface area (TPSA) is 37.4 Å². The molecule has 1 aliphatic heterocycles. The average molecular weight is 428 g/mol. The molecule has 0 N–H and O–H groups in total. The molecule has 4 heteroatoms. The first-order valence-electron chi connectivity index (χ1n) is 10.5. The zero-order valence-corrected chi connectivity index (χ0v) is 17.9. The van der Waals surface area contributed by atoms with E-state index in [0.29, 0.717) is 10.7 Å². The third-order valence-electron chi connectivity index (χ3n) is 6.55. The van der Waals surface area contributed by atoms with Gasteiger partial charge in [0, 0.05) is 16.9 Å². The van der Waals surface area contributed by atoms with Crippen molar-refractivity contribution in [3.63, 3.8) is 0 Å². The zero-order valence-electron chi connectivity index (χ0n) is 17.1. The molecule has 3 aromatic carbocycles. The smallest absolute Gasteiger partial charge is 0.238 e. The maximum atomic E-state index is 13.8. The van der Waals surface area contributed by atoms with Gasteiger partial charge in [-0.1, -0.05) is 90.5 Å². The second-order valence-electron chi connectivity index (χ2n) is 8.21. The highest BCUT2D eigenvalue weighted by Crippen LogP contribution is 2.50. The van der Waals surface area contributed by atoms with Gasteiger partial charge < -0.3 is 0 Å². The maximum Gasteiger partial charge on any atom is 0.238 e. The van der Waals surface area contributed by atoms with Crippen molar-refractivity contribution >= 4 is 29.1 Å². The fourth-order valence-electron chi connectivity index (χ4n) is 5.01. The van der Waals surface area contributed by atoms with E-state index in [1.165, 1.54) is 4.90 Å². The molecule has 0 saturated carbocycles. The van der Waals surface area contributed by atoms with E-state index >= 15 is 0 Å². The van der Waals surface area contributed by atoms with Crippen LogP contribution in [-0.2, 0) is 9.59 Å². The largest absolute Gasteiger partial charge is 0.274 e. The van der Waals surface area contributed by atoms with Crippen molar-refractivity contribution in [2.45, 2.75) is 18.8 Å². The molecule has 154 valence electrons. The minimum Gasteiger partial charge on any atom is -0.274 e. The van der Waals surface area contributed by atoms with Crippen molar-refractivity contribution in [2.24, 2.45) is 11.8 Å². The molecule has 4 atom stereocenters. The van der Waals surface area contributed by atoms with E-state index in [4.69, 9.17) is 11.6 Å². The monoisotopic (exact) mass is 427 g/mol. The lowest BCUT2D eigenvalue weighted by atomic mass is 9.68. The third-order valence-corrected chi connectivity index (χ3v) is 6.96. The van der Waals surface area contributed by atoms with Crippen molar-refractivity contribution in [3.8, 4) is 0 Å². The van der Waals surface area contributed by atoms with Crippen LogP contribution in [0.4, 0.5) is 5.69 Å². The molecule has 2 amide bonds. The highest BCUT2D eigenvalue weighted by molar-refractivity contribution is 6.32. The van der Waals surface area contributed by atoms with Crippen molar-refractivity contribution < 1.29 is 9.59 Å². The van der Waals surface area contributed by atoms with Crippen molar-refractivity contribution in [3.05, 3.63) is 113 Å². The van der Waals surface area contributed by atoms with E-state index in [9.17, 15) is 9.59 Å². The minimum absolute atomic E-state index is 0.146. The number of hydrogen-bond acceptors (Lipinski definition) is 2. The molecule has 0 bridgehead atoms. The van der Waals surface area contributed by atoms with Crippen LogP contribution in [-0.4, -0.2) is 11.8 Å². The summed E-state index contributed by atoms with van der Waals surface area (Å²) >= 11 is 6.33. The predicted octanol–water partition coefficient (Wildman–Crippen LogP) is 5.89. The number of carbonyl (C=O) groups excluding carboxylic acids is 2. The fraction of sp³-hybridized carbons (Fsp3) is 0.185. The Bertz CT molecular complexity index is 1100. The number of carbonyl (C=O) groups is 2. The number of anilines is 1. The molecular formula is C27H22ClNO2. The van der Waals surface area contributed by atoms with Crippen LogP contribution in [0.5, 0.6) is 0 Å². The Hall–Kier alpha value is -3.17. The van der Waals surface area contributed by atoms with Gasteiger partial charge in [-0.2, -0.15) is 0 Å². The van der Waals surface area contributed by atoms with E-state index < -0.39 is 11.8 Å². The summed E-state index contributed by atoms with van der Waals surface area (Å²) in [5, 5.41) is 0.547. The molecule has 0 spiro atoms. The van der Waals surface area contributed by atoms with E-state index in [-0.39, 0.29) is 23.7 Å². The quantitative estimate of drug-likeness (QED) is 0.386. The minimum atomic E-state index is -0.455. The molecule has 1 heterocycles. The predicted molar refractivity (Wildman–Crippen MR) is 123 cm³/mol. The molecule has 5 rings (SSSR count). The number of halogens is 1.